The Morgan fingerprint density at radius 3 is 2.34 bits per heavy atom. The molecule has 0 spiro atoms. The van der Waals surface area contributed by atoms with E-state index in [9.17, 15) is 9.59 Å². The number of guanidine groups is 1. The number of anilines is 1. The molecule has 2 aliphatic heterocycles. The SMILES string of the molecule is C=CC1OC(/C=C/c2ccccc2)C2C(=O)N(CCNC(=S)/N=C(\N)Nc3ccccc3)C(=O)C12. The number of nitrogens with two attached hydrogens (primary N) is 1. The lowest BCUT2D eigenvalue weighted by molar-refractivity contribution is -0.142. The number of ether oxygens (including phenoxy) is 1. The van der Waals surface area contributed by atoms with E-state index in [1.807, 2.05) is 72.8 Å². The number of benzene rings is 2. The molecule has 0 saturated carbocycles. The van der Waals surface area contributed by atoms with Crippen LogP contribution in [0.3, 0.4) is 0 Å². The van der Waals surface area contributed by atoms with E-state index in [0.29, 0.717) is 0 Å². The predicted octanol–water partition coefficient (Wildman–Crippen LogP) is 2.56. The zero-order chi connectivity index (χ0) is 24.8. The summed E-state index contributed by atoms with van der Waals surface area (Å²) < 4.78 is 5.98. The summed E-state index contributed by atoms with van der Waals surface area (Å²) >= 11 is 5.21. The molecule has 2 aromatic carbocycles. The summed E-state index contributed by atoms with van der Waals surface area (Å²) in [6.07, 6.45) is 4.31. The van der Waals surface area contributed by atoms with Gasteiger partial charge in [-0.25, -0.2) is 0 Å². The highest BCUT2D eigenvalue weighted by Gasteiger charge is 2.58. The van der Waals surface area contributed by atoms with Gasteiger partial charge in [0.25, 0.3) is 0 Å². The Hall–Kier alpha value is -3.82. The maximum Gasteiger partial charge on any atom is 0.236 e. The van der Waals surface area contributed by atoms with Crippen LogP contribution < -0.4 is 16.4 Å². The standard InChI is InChI=1S/C26H27N5O3S/c1-2-19-21-22(20(34-19)14-13-17-9-5-3-6-10-17)24(33)31(23(21)32)16-15-28-26(35)30-25(27)29-18-11-7-4-8-12-18/h2-14,19-22H,1,15-16H2,(H4,27,28,29,30,35)/b14-13+. The summed E-state index contributed by atoms with van der Waals surface area (Å²) in [6, 6.07) is 19.1. The third kappa shape index (κ3) is 5.64. The number of nitrogens with zero attached hydrogens (tertiary/aromatic N) is 2. The van der Waals surface area contributed by atoms with Crippen LogP contribution in [-0.2, 0) is 14.3 Å². The van der Waals surface area contributed by atoms with Gasteiger partial charge in [-0.3, -0.25) is 14.5 Å². The second-order valence-corrected chi connectivity index (χ2v) is 8.56. The van der Waals surface area contributed by atoms with Gasteiger partial charge in [-0.05, 0) is 29.9 Å². The minimum absolute atomic E-state index is 0.135. The number of para-hydroxylation sites is 1. The highest BCUT2D eigenvalue weighted by molar-refractivity contribution is 7.80. The van der Waals surface area contributed by atoms with Gasteiger partial charge >= 0.3 is 0 Å². The predicted molar refractivity (Wildman–Crippen MR) is 140 cm³/mol. The molecule has 4 atom stereocenters. The van der Waals surface area contributed by atoms with Crippen molar-refractivity contribution in [2.75, 3.05) is 18.4 Å². The minimum atomic E-state index is -0.582. The molecule has 0 aliphatic carbocycles. The first-order valence-corrected chi connectivity index (χ1v) is 11.7. The van der Waals surface area contributed by atoms with Gasteiger partial charge in [0.15, 0.2) is 5.11 Å². The molecule has 2 aromatic rings. The Labute approximate surface area is 209 Å². The molecule has 8 nitrogen and oxygen atoms in total. The highest BCUT2D eigenvalue weighted by atomic mass is 32.1. The molecule has 2 saturated heterocycles. The lowest BCUT2D eigenvalue weighted by atomic mass is 9.89. The van der Waals surface area contributed by atoms with E-state index in [2.05, 4.69) is 22.2 Å². The van der Waals surface area contributed by atoms with Crippen LogP contribution in [0, 0.1) is 11.8 Å². The van der Waals surface area contributed by atoms with E-state index >= 15 is 0 Å². The molecular weight excluding hydrogens is 462 g/mol. The molecule has 9 heteroatoms. The van der Waals surface area contributed by atoms with E-state index in [-0.39, 0.29) is 36.0 Å². The number of thiocarbonyl (C=S) groups is 1. The van der Waals surface area contributed by atoms with Crippen LogP contribution >= 0.6 is 12.2 Å². The summed E-state index contributed by atoms with van der Waals surface area (Å²) in [5, 5.41) is 6.02. The number of carbonyl (C=O) groups excluding carboxylic acids is 2. The maximum absolute atomic E-state index is 13.2. The normalized spacial score (nSPS) is 24.0. The number of carbonyl (C=O) groups is 2. The van der Waals surface area contributed by atoms with Gasteiger partial charge in [-0.15, -0.1) is 6.58 Å². The molecule has 2 heterocycles. The second kappa shape index (κ2) is 11.1. The van der Waals surface area contributed by atoms with Crippen LogP contribution in [0.5, 0.6) is 0 Å². The van der Waals surface area contributed by atoms with Crippen molar-refractivity contribution >= 4 is 46.9 Å². The molecule has 4 N–H and O–H groups in total. The summed E-state index contributed by atoms with van der Waals surface area (Å²) in [5.74, 6) is -1.55. The Balaban J connectivity index is 1.35. The van der Waals surface area contributed by atoms with Crippen LogP contribution in [-0.4, -0.2) is 53.1 Å². The quantitative estimate of drug-likeness (QED) is 0.180. The molecular formula is C26H27N5O3S. The van der Waals surface area contributed by atoms with Crippen molar-refractivity contribution in [3.63, 3.8) is 0 Å². The summed E-state index contributed by atoms with van der Waals surface area (Å²) in [5.41, 5.74) is 7.66. The average molecular weight is 490 g/mol. The molecule has 4 rings (SSSR count). The van der Waals surface area contributed by atoms with Gasteiger partial charge in [0, 0.05) is 18.8 Å². The lowest BCUT2D eigenvalue weighted by Crippen LogP contribution is -2.40. The van der Waals surface area contributed by atoms with Crippen molar-refractivity contribution in [2.24, 2.45) is 22.6 Å². The molecule has 2 amide bonds. The summed E-state index contributed by atoms with van der Waals surface area (Å²) in [6.45, 7) is 4.20. The fraction of sp³-hybridized carbons (Fsp3) is 0.231. The number of hydrogen-bond donors (Lipinski definition) is 3. The summed E-state index contributed by atoms with van der Waals surface area (Å²) in [7, 11) is 0. The van der Waals surface area contributed by atoms with E-state index in [4.69, 9.17) is 22.7 Å². The Morgan fingerprint density at radius 2 is 1.69 bits per heavy atom. The van der Waals surface area contributed by atoms with Crippen molar-refractivity contribution in [2.45, 2.75) is 12.2 Å². The molecule has 0 bridgehead atoms. The van der Waals surface area contributed by atoms with Crippen LogP contribution in [0.4, 0.5) is 5.69 Å². The number of aliphatic imine (C=N–C) groups is 1. The van der Waals surface area contributed by atoms with Crippen LogP contribution in [0.2, 0.25) is 0 Å². The van der Waals surface area contributed by atoms with Gasteiger partial charge in [0.05, 0.1) is 24.0 Å². The fourth-order valence-corrected chi connectivity index (χ4v) is 4.50. The van der Waals surface area contributed by atoms with Gasteiger partial charge in [-0.2, -0.15) is 4.99 Å². The van der Waals surface area contributed by atoms with Crippen LogP contribution in [0.15, 0.2) is 84.4 Å². The number of amides is 2. The Morgan fingerprint density at radius 1 is 1.06 bits per heavy atom. The van der Waals surface area contributed by atoms with E-state index in [1.54, 1.807) is 6.08 Å². The van der Waals surface area contributed by atoms with Crippen molar-refractivity contribution in [1.82, 2.24) is 10.2 Å². The first-order chi connectivity index (χ1) is 17.0. The van der Waals surface area contributed by atoms with Gasteiger partial charge in [-0.1, -0.05) is 66.8 Å². The van der Waals surface area contributed by atoms with Crippen LogP contribution in [0.25, 0.3) is 6.08 Å². The summed E-state index contributed by atoms with van der Waals surface area (Å²) in [4.78, 5) is 31.6. The van der Waals surface area contributed by atoms with E-state index in [1.165, 1.54) is 4.90 Å². The third-order valence-corrected chi connectivity index (χ3v) is 6.14. The molecule has 4 unspecified atom stereocenters. The number of likely N-dealkylation sites (tertiary alicyclic amines) is 1. The second-order valence-electron chi connectivity index (χ2n) is 8.17. The van der Waals surface area contributed by atoms with Gasteiger partial charge in [0.2, 0.25) is 17.8 Å². The monoisotopic (exact) mass is 489 g/mol. The van der Waals surface area contributed by atoms with Gasteiger partial charge in [0.1, 0.15) is 0 Å². The number of fused-ring (bicyclic) bond motifs is 1. The van der Waals surface area contributed by atoms with E-state index in [0.717, 1.165) is 11.3 Å². The molecule has 2 fully saturated rings. The average Bonchev–Trinajstić information content (AvgIpc) is 3.35. The zero-order valence-corrected chi connectivity index (χ0v) is 19.9. The highest BCUT2D eigenvalue weighted by Crippen LogP contribution is 2.41. The number of nitrogens with one attached hydrogen (secondary N) is 2. The number of rotatable bonds is 7. The Bertz CT molecular complexity index is 1150. The van der Waals surface area contributed by atoms with Crippen molar-refractivity contribution in [3.05, 3.63) is 85.0 Å². The number of imide groups is 1. The number of hydrogen-bond acceptors (Lipinski definition) is 4. The van der Waals surface area contributed by atoms with E-state index < -0.39 is 24.0 Å². The van der Waals surface area contributed by atoms with Crippen molar-refractivity contribution < 1.29 is 14.3 Å². The molecule has 2 aliphatic rings. The fourth-order valence-electron chi connectivity index (χ4n) is 4.29. The Kier molecular flexibility index (Phi) is 7.69. The molecule has 35 heavy (non-hydrogen) atoms. The maximum atomic E-state index is 13.2. The van der Waals surface area contributed by atoms with Crippen molar-refractivity contribution in [1.29, 1.82) is 0 Å². The smallest absolute Gasteiger partial charge is 0.236 e. The third-order valence-electron chi connectivity index (χ3n) is 5.90. The largest absolute Gasteiger partial charge is 0.369 e. The first-order valence-electron chi connectivity index (χ1n) is 11.3. The molecule has 180 valence electrons. The lowest BCUT2D eigenvalue weighted by Gasteiger charge is -2.19. The minimum Gasteiger partial charge on any atom is -0.369 e. The molecule has 0 radical (unpaired) electrons. The zero-order valence-electron chi connectivity index (χ0n) is 19.0. The van der Waals surface area contributed by atoms with Gasteiger partial charge < -0.3 is 21.1 Å². The first kappa shape index (κ1) is 24.3. The van der Waals surface area contributed by atoms with Crippen LogP contribution in [0.1, 0.15) is 5.56 Å². The molecule has 0 aromatic heterocycles. The topological polar surface area (TPSA) is 109 Å². The van der Waals surface area contributed by atoms with Crippen molar-refractivity contribution in [3.8, 4) is 0 Å².